The molecule has 0 aromatic carbocycles. The molecule has 1 aromatic heterocycles. The maximum atomic E-state index is 11.3. The summed E-state index contributed by atoms with van der Waals surface area (Å²) in [5.41, 5.74) is -0.116. The minimum atomic E-state index is -0.725. The second-order valence-corrected chi connectivity index (χ2v) is 2.36. The monoisotopic (exact) mass is 211 g/mol. The van der Waals surface area contributed by atoms with E-state index in [-0.39, 0.29) is 5.70 Å². The van der Waals surface area contributed by atoms with Gasteiger partial charge in [0.05, 0.1) is 32.7 Å². The summed E-state index contributed by atoms with van der Waals surface area (Å²) in [6, 6.07) is 0. The molecule has 7 heteroatoms. The van der Waals surface area contributed by atoms with Gasteiger partial charge in [-0.15, -0.1) is 4.80 Å². The summed E-state index contributed by atoms with van der Waals surface area (Å²) in [5.74, 6) is -1.41. The van der Waals surface area contributed by atoms with Gasteiger partial charge in [0.1, 0.15) is 0 Å². The fourth-order valence-electron chi connectivity index (χ4n) is 0.814. The number of carbonyl (C=O) groups is 2. The predicted octanol–water partition coefficient (Wildman–Crippen LogP) is -0.535. The number of rotatable bonds is 3. The topological polar surface area (TPSA) is 83.3 Å². The minimum absolute atomic E-state index is 0.116. The Hall–Kier alpha value is -2.18. The normalized spacial score (nSPS) is 10.9. The van der Waals surface area contributed by atoms with Crippen molar-refractivity contribution in [2.45, 2.75) is 0 Å². The Kier molecular flexibility index (Phi) is 3.55. The fraction of sp³-hybridized carbons (Fsp3) is 0.250. The molecule has 0 aliphatic rings. The molecular weight excluding hydrogens is 202 g/mol. The molecular formula is C8H9N3O4. The molecule has 0 fully saturated rings. The zero-order chi connectivity index (χ0) is 11.3. The van der Waals surface area contributed by atoms with E-state index < -0.39 is 11.9 Å². The van der Waals surface area contributed by atoms with E-state index in [0.29, 0.717) is 0 Å². The maximum absolute atomic E-state index is 11.3. The zero-order valence-electron chi connectivity index (χ0n) is 8.21. The van der Waals surface area contributed by atoms with Gasteiger partial charge in [-0.2, -0.15) is 10.2 Å². The van der Waals surface area contributed by atoms with E-state index in [2.05, 4.69) is 19.7 Å². The van der Waals surface area contributed by atoms with Crippen LogP contribution >= 0.6 is 0 Å². The van der Waals surface area contributed by atoms with Crippen molar-refractivity contribution in [1.82, 2.24) is 15.0 Å². The van der Waals surface area contributed by atoms with Gasteiger partial charge in [0.25, 0.3) is 0 Å². The van der Waals surface area contributed by atoms with Gasteiger partial charge in [-0.05, 0) is 0 Å². The maximum Gasteiger partial charge on any atom is 0.358 e. The number of esters is 2. The van der Waals surface area contributed by atoms with E-state index in [0.717, 1.165) is 10.9 Å². The van der Waals surface area contributed by atoms with Gasteiger partial charge in [-0.3, -0.25) is 0 Å². The van der Waals surface area contributed by atoms with Crippen LogP contribution < -0.4 is 0 Å². The van der Waals surface area contributed by atoms with Crippen LogP contribution in [0.1, 0.15) is 0 Å². The van der Waals surface area contributed by atoms with Crippen LogP contribution in [0.3, 0.4) is 0 Å². The molecule has 0 aliphatic heterocycles. The standard InChI is InChI=1S/C8H9N3O4/c1-14-7(12)5-6(8(13)15-2)11-9-3-4-10-11/h3-5H,1-2H3. The quantitative estimate of drug-likeness (QED) is 0.493. The Morgan fingerprint density at radius 3 is 2.27 bits per heavy atom. The first kappa shape index (κ1) is 10.9. The summed E-state index contributed by atoms with van der Waals surface area (Å²) < 4.78 is 8.85. The lowest BCUT2D eigenvalue weighted by atomic mass is 10.4. The third-order valence-corrected chi connectivity index (χ3v) is 1.48. The molecule has 1 rings (SSSR count). The highest BCUT2D eigenvalue weighted by Gasteiger charge is 2.15. The lowest BCUT2D eigenvalue weighted by Crippen LogP contribution is -2.15. The molecule has 0 saturated heterocycles. The zero-order valence-corrected chi connectivity index (χ0v) is 8.21. The number of hydrogen-bond acceptors (Lipinski definition) is 6. The van der Waals surface area contributed by atoms with Crippen LogP contribution in [0.25, 0.3) is 5.70 Å². The number of aromatic nitrogens is 3. The molecule has 0 bridgehead atoms. The van der Waals surface area contributed by atoms with Crippen LogP contribution in [0.4, 0.5) is 0 Å². The highest BCUT2D eigenvalue weighted by Crippen LogP contribution is 2.03. The average Bonchev–Trinajstić information content (AvgIpc) is 2.77. The first-order valence-electron chi connectivity index (χ1n) is 3.93. The molecule has 0 atom stereocenters. The molecule has 0 aliphatic carbocycles. The van der Waals surface area contributed by atoms with Gasteiger partial charge in [0.2, 0.25) is 0 Å². The molecule has 15 heavy (non-hydrogen) atoms. The van der Waals surface area contributed by atoms with Crippen molar-refractivity contribution in [2.24, 2.45) is 0 Å². The second kappa shape index (κ2) is 4.89. The van der Waals surface area contributed by atoms with Crippen molar-refractivity contribution in [1.29, 1.82) is 0 Å². The third kappa shape index (κ3) is 2.63. The minimum Gasteiger partial charge on any atom is -0.466 e. The Morgan fingerprint density at radius 2 is 1.80 bits per heavy atom. The predicted molar refractivity (Wildman–Crippen MR) is 48.3 cm³/mol. The number of ether oxygens (including phenoxy) is 2. The smallest absolute Gasteiger partial charge is 0.358 e. The van der Waals surface area contributed by atoms with E-state index in [9.17, 15) is 9.59 Å². The van der Waals surface area contributed by atoms with E-state index in [1.807, 2.05) is 0 Å². The van der Waals surface area contributed by atoms with Crippen molar-refractivity contribution in [3.8, 4) is 0 Å². The van der Waals surface area contributed by atoms with Crippen molar-refractivity contribution in [3.63, 3.8) is 0 Å². The van der Waals surface area contributed by atoms with E-state index >= 15 is 0 Å². The van der Waals surface area contributed by atoms with Crippen LogP contribution in [-0.2, 0) is 19.1 Å². The van der Waals surface area contributed by atoms with Crippen molar-refractivity contribution in [2.75, 3.05) is 14.2 Å². The van der Waals surface area contributed by atoms with Gasteiger partial charge in [-0.1, -0.05) is 0 Å². The van der Waals surface area contributed by atoms with Crippen LogP contribution in [0, 0.1) is 0 Å². The Balaban J connectivity index is 3.04. The summed E-state index contributed by atoms with van der Waals surface area (Å²) in [5, 5.41) is 7.40. The van der Waals surface area contributed by atoms with E-state index in [4.69, 9.17) is 0 Å². The molecule has 80 valence electrons. The average molecular weight is 211 g/mol. The Bertz CT molecular complexity index is 383. The number of carbonyl (C=O) groups excluding carboxylic acids is 2. The van der Waals surface area contributed by atoms with Crippen LogP contribution in [0.2, 0.25) is 0 Å². The van der Waals surface area contributed by atoms with Crippen molar-refractivity contribution >= 4 is 17.6 Å². The van der Waals surface area contributed by atoms with E-state index in [1.54, 1.807) is 0 Å². The van der Waals surface area contributed by atoms with Crippen molar-refractivity contribution in [3.05, 3.63) is 18.5 Å². The van der Waals surface area contributed by atoms with Crippen molar-refractivity contribution < 1.29 is 19.1 Å². The summed E-state index contributed by atoms with van der Waals surface area (Å²) in [4.78, 5) is 23.2. The van der Waals surface area contributed by atoms with Gasteiger partial charge in [0.15, 0.2) is 5.70 Å². The molecule has 0 spiro atoms. The molecule has 1 heterocycles. The van der Waals surface area contributed by atoms with Crippen LogP contribution in [0.15, 0.2) is 18.5 Å². The second-order valence-electron chi connectivity index (χ2n) is 2.36. The summed E-state index contributed by atoms with van der Waals surface area (Å²) in [6.07, 6.45) is 3.69. The highest BCUT2D eigenvalue weighted by molar-refractivity contribution is 6.14. The van der Waals surface area contributed by atoms with Gasteiger partial charge in [0, 0.05) is 0 Å². The summed E-state index contributed by atoms with van der Waals surface area (Å²) in [6.45, 7) is 0. The largest absolute Gasteiger partial charge is 0.466 e. The molecule has 0 saturated carbocycles. The lowest BCUT2D eigenvalue weighted by molar-refractivity contribution is -0.137. The molecule has 1 aromatic rings. The Labute approximate surface area is 85.3 Å². The third-order valence-electron chi connectivity index (χ3n) is 1.48. The molecule has 0 unspecified atom stereocenters. The molecule has 7 nitrogen and oxygen atoms in total. The number of hydrogen-bond donors (Lipinski definition) is 0. The van der Waals surface area contributed by atoms with Crippen LogP contribution in [0.5, 0.6) is 0 Å². The summed E-state index contributed by atoms with van der Waals surface area (Å²) in [7, 11) is 2.39. The van der Waals surface area contributed by atoms with Crippen LogP contribution in [-0.4, -0.2) is 41.2 Å². The van der Waals surface area contributed by atoms with Gasteiger partial charge in [-0.25, -0.2) is 9.59 Å². The SMILES string of the molecule is COC(=O)C=C(C(=O)OC)n1nccn1. The Morgan fingerprint density at radius 1 is 1.20 bits per heavy atom. The first-order valence-corrected chi connectivity index (χ1v) is 3.93. The first-order chi connectivity index (χ1) is 7.19. The molecule has 0 N–H and O–H groups in total. The molecule has 0 radical (unpaired) electrons. The molecule has 0 amide bonds. The highest BCUT2D eigenvalue weighted by atomic mass is 16.5. The number of methoxy groups -OCH3 is 2. The lowest BCUT2D eigenvalue weighted by Gasteiger charge is -2.02. The number of nitrogens with zero attached hydrogens (tertiary/aromatic N) is 3. The summed E-state index contributed by atoms with van der Waals surface area (Å²) >= 11 is 0. The van der Waals surface area contributed by atoms with E-state index in [1.165, 1.54) is 26.6 Å². The van der Waals surface area contributed by atoms with Gasteiger partial charge >= 0.3 is 11.9 Å². The van der Waals surface area contributed by atoms with Gasteiger partial charge < -0.3 is 9.47 Å². The fourth-order valence-corrected chi connectivity index (χ4v) is 0.814.